The Hall–Kier alpha value is -2.87. The van der Waals surface area contributed by atoms with Crippen LogP contribution in [0.2, 0.25) is 0 Å². The molecule has 0 saturated carbocycles. The summed E-state index contributed by atoms with van der Waals surface area (Å²) in [5, 5.41) is 19.5. The van der Waals surface area contributed by atoms with Crippen molar-refractivity contribution in [3.63, 3.8) is 0 Å². The Morgan fingerprint density at radius 1 is 1.08 bits per heavy atom. The topological polar surface area (TPSA) is 75.2 Å². The predicted molar refractivity (Wildman–Crippen MR) is 89.7 cm³/mol. The lowest BCUT2D eigenvalue weighted by molar-refractivity contribution is -0.301. The first-order valence-electron chi connectivity index (χ1n) is 7.53. The number of halogens is 1. The minimum Gasteiger partial charge on any atom is -0.549 e. The maximum Gasteiger partial charge on any atom is 0.237 e. The van der Waals surface area contributed by atoms with Gasteiger partial charge in [0.25, 0.3) is 0 Å². The van der Waals surface area contributed by atoms with Crippen molar-refractivity contribution in [2.75, 3.05) is 5.75 Å². The number of imidazole rings is 1. The number of nitrogens with zero attached hydrogens (tertiary/aromatic N) is 4. The SMILES string of the molecule is O=C([O-])CSc1nnc2n(Cc3ccc(F)cc3)c3ccccc3n12. The van der Waals surface area contributed by atoms with Gasteiger partial charge >= 0.3 is 0 Å². The molecule has 4 aromatic rings. The molecule has 0 bridgehead atoms. The number of aromatic nitrogens is 4. The molecule has 0 aliphatic carbocycles. The number of thioether (sulfide) groups is 1. The highest BCUT2D eigenvalue weighted by Gasteiger charge is 2.17. The third-order valence-electron chi connectivity index (χ3n) is 3.84. The highest BCUT2D eigenvalue weighted by molar-refractivity contribution is 7.99. The largest absolute Gasteiger partial charge is 0.549 e. The first-order valence-corrected chi connectivity index (χ1v) is 8.51. The highest BCUT2D eigenvalue weighted by atomic mass is 32.2. The Kier molecular flexibility index (Phi) is 3.89. The molecule has 6 nitrogen and oxygen atoms in total. The zero-order valence-corrected chi connectivity index (χ0v) is 13.7. The van der Waals surface area contributed by atoms with E-state index in [0.29, 0.717) is 17.5 Å². The molecule has 0 saturated heterocycles. The van der Waals surface area contributed by atoms with Gasteiger partial charge in [-0.05, 0) is 29.8 Å². The van der Waals surface area contributed by atoms with Crippen LogP contribution in [-0.4, -0.2) is 30.9 Å². The summed E-state index contributed by atoms with van der Waals surface area (Å²) in [6.07, 6.45) is 0. The Labute approximate surface area is 145 Å². The van der Waals surface area contributed by atoms with Crippen LogP contribution >= 0.6 is 11.8 Å². The third-order valence-corrected chi connectivity index (χ3v) is 4.75. The molecule has 126 valence electrons. The Morgan fingerprint density at radius 3 is 2.52 bits per heavy atom. The molecule has 25 heavy (non-hydrogen) atoms. The van der Waals surface area contributed by atoms with E-state index in [0.717, 1.165) is 28.4 Å². The number of benzene rings is 2. The summed E-state index contributed by atoms with van der Waals surface area (Å²) in [6, 6.07) is 14.0. The number of para-hydroxylation sites is 2. The average molecular weight is 355 g/mol. The molecule has 0 fully saturated rings. The molecule has 8 heteroatoms. The molecule has 0 N–H and O–H groups in total. The van der Waals surface area contributed by atoms with Crippen LogP contribution < -0.4 is 5.11 Å². The van der Waals surface area contributed by atoms with Crippen LogP contribution in [0.3, 0.4) is 0 Å². The molecule has 0 aliphatic heterocycles. The minimum atomic E-state index is -1.16. The summed E-state index contributed by atoms with van der Waals surface area (Å²) >= 11 is 1.07. The van der Waals surface area contributed by atoms with E-state index in [1.165, 1.54) is 12.1 Å². The number of fused-ring (bicyclic) bond motifs is 3. The Bertz CT molecular complexity index is 1070. The molecule has 0 unspecified atom stereocenters. The maximum atomic E-state index is 13.1. The van der Waals surface area contributed by atoms with E-state index in [1.54, 1.807) is 12.1 Å². The van der Waals surface area contributed by atoms with Crippen LogP contribution in [0.25, 0.3) is 16.8 Å². The van der Waals surface area contributed by atoms with E-state index in [2.05, 4.69) is 10.2 Å². The standard InChI is InChI=1S/C17H13FN4O2S/c18-12-7-5-11(6-8-12)9-21-13-3-1-2-4-14(13)22-16(21)19-20-17(22)25-10-15(23)24/h1-8H,9-10H2,(H,23,24)/p-1. The van der Waals surface area contributed by atoms with Crippen molar-refractivity contribution >= 4 is 34.5 Å². The van der Waals surface area contributed by atoms with Crippen LogP contribution in [0, 0.1) is 5.82 Å². The maximum absolute atomic E-state index is 13.1. The first-order chi connectivity index (χ1) is 12.1. The second-order valence-electron chi connectivity index (χ2n) is 5.48. The van der Waals surface area contributed by atoms with Crippen molar-refractivity contribution in [2.24, 2.45) is 0 Å². The number of carboxylic acid groups (broad SMARTS) is 1. The van der Waals surface area contributed by atoms with Gasteiger partial charge in [-0.3, -0.25) is 4.40 Å². The lowest BCUT2D eigenvalue weighted by Gasteiger charge is -2.05. The fourth-order valence-electron chi connectivity index (χ4n) is 2.78. The van der Waals surface area contributed by atoms with Crippen LogP contribution in [0.15, 0.2) is 53.7 Å². The van der Waals surface area contributed by atoms with Gasteiger partial charge in [-0.15, -0.1) is 10.2 Å². The number of carbonyl (C=O) groups is 1. The number of rotatable bonds is 5. The first kappa shape index (κ1) is 15.6. The number of aliphatic carboxylic acids is 1. The van der Waals surface area contributed by atoms with Gasteiger partial charge in [0, 0.05) is 5.75 Å². The van der Waals surface area contributed by atoms with Crippen molar-refractivity contribution in [1.29, 1.82) is 0 Å². The fourth-order valence-corrected chi connectivity index (χ4v) is 3.44. The summed E-state index contributed by atoms with van der Waals surface area (Å²) < 4.78 is 16.9. The molecular weight excluding hydrogens is 343 g/mol. The Morgan fingerprint density at radius 2 is 1.80 bits per heavy atom. The van der Waals surface area contributed by atoms with E-state index in [9.17, 15) is 14.3 Å². The fraction of sp³-hybridized carbons (Fsp3) is 0.118. The molecule has 0 aliphatic rings. The second-order valence-corrected chi connectivity index (χ2v) is 6.42. The van der Waals surface area contributed by atoms with Gasteiger partial charge in [0.2, 0.25) is 5.78 Å². The van der Waals surface area contributed by atoms with Crippen LogP contribution in [0.5, 0.6) is 0 Å². The zero-order chi connectivity index (χ0) is 17.4. The van der Waals surface area contributed by atoms with Crippen molar-refractivity contribution in [3.8, 4) is 0 Å². The van der Waals surface area contributed by atoms with Crippen LogP contribution in [0.4, 0.5) is 4.39 Å². The summed E-state index contributed by atoms with van der Waals surface area (Å²) in [5.41, 5.74) is 2.74. The van der Waals surface area contributed by atoms with Crippen molar-refractivity contribution in [2.45, 2.75) is 11.7 Å². The normalized spacial score (nSPS) is 11.4. The third kappa shape index (κ3) is 2.85. The van der Waals surface area contributed by atoms with E-state index in [4.69, 9.17) is 0 Å². The lowest BCUT2D eigenvalue weighted by Crippen LogP contribution is -2.24. The molecule has 2 heterocycles. The number of carboxylic acids is 1. The van der Waals surface area contributed by atoms with Crippen molar-refractivity contribution in [1.82, 2.24) is 19.2 Å². The van der Waals surface area contributed by atoms with E-state index in [1.807, 2.05) is 33.2 Å². The van der Waals surface area contributed by atoms with Gasteiger partial charge in [0.1, 0.15) is 5.82 Å². The predicted octanol–water partition coefficient (Wildman–Crippen LogP) is 1.71. The van der Waals surface area contributed by atoms with Gasteiger partial charge < -0.3 is 14.5 Å². The van der Waals surface area contributed by atoms with E-state index >= 15 is 0 Å². The zero-order valence-electron chi connectivity index (χ0n) is 12.9. The Balaban J connectivity index is 1.84. The highest BCUT2D eigenvalue weighted by Crippen LogP contribution is 2.26. The van der Waals surface area contributed by atoms with Gasteiger partial charge in [0.05, 0.1) is 23.5 Å². The molecule has 4 rings (SSSR count). The summed E-state index contributed by atoms with van der Waals surface area (Å²) in [6.45, 7) is 0.501. The number of carbonyl (C=O) groups excluding carboxylic acids is 1. The minimum absolute atomic E-state index is 0.196. The van der Waals surface area contributed by atoms with Gasteiger partial charge in [-0.2, -0.15) is 0 Å². The molecule has 0 atom stereocenters. The molecule has 2 aromatic carbocycles. The lowest BCUT2D eigenvalue weighted by atomic mass is 10.2. The second kappa shape index (κ2) is 6.21. The smallest absolute Gasteiger partial charge is 0.237 e. The quantitative estimate of drug-likeness (QED) is 0.510. The van der Waals surface area contributed by atoms with Gasteiger partial charge in [-0.1, -0.05) is 36.0 Å². The van der Waals surface area contributed by atoms with Crippen molar-refractivity contribution < 1.29 is 14.3 Å². The van der Waals surface area contributed by atoms with Crippen LogP contribution in [-0.2, 0) is 11.3 Å². The molecule has 0 radical (unpaired) electrons. The van der Waals surface area contributed by atoms with E-state index < -0.39 is 5.97 Å². The molecule has 0 spiro atoms. The van der Waals surface area contributed by atoms with Crippen LogP contribution in [0.1, 0.15) is 5.56 Å². The van der Waals surface area contributed by atoms with Gasteiger partial charge in [-0.25, -0.2) is 4.39 Å². The van der Waals surface area contributed by atoms with Crippen molar-refractivity contribution in [3.05, 3.63) is 59.9 Å². The summed E-state index contributed by atoms with van der Waals surface area (Å²) in [4.78, 5) is 10.7. The monoisotopic (exact) mass is 355 g/mol. The molecule has 2 aromatic heterocycles. The van der Waals surface area contributed by atoms with E-state index in [-0.39, 0.29) is 11.6 Å². The number of hydrogen-bond donors (Lipinski definition) is 0. The number of hydrogen-bond acceptors (Lipinski definition) is 5. The molecular formula is C17H12FN4O2S-. The molecule has 0 amide bonds. The summed E-state index contributed by atoms with van der Waals surface area (Å²) in [5.74, 6) is -1.03. The van der Waals surface area contributed by atoms with Gasteiger partial charge in [0.15, 0.2) is 5.16 Å². The summed E-state index contributed by atoms with van der Waals surface area (Å²) in [7, 11) is 0. The average Bonchev–Trinajstić information content (AvgIpc) is 3.15.